The number of hydrogen-bond acceptors (Lipinski definition) is 21. The Morgan fingerprint density at radius 3 is 0.707 bits per heavy atom. The molecule has 4 aromatic rings. The molecule has 4 fully saturated rings. The van der Waals surface area contributed by atoms with E-state index in [9.17, 15) is 95.9 Å². The molecule has 0 saturated carbocycles. The number of nitrogens with one attached hydrogen (secondary N) is 15. The topological polar surface area (TPSA) is 587 Å². The van der Waals surface area contributed by atoms with Crippen molar-refractivity contribution in [3.63, 3.8) is 0 Å². The largest absolute Gasteiger partial charge is 0.368 e. The van der Waals surface area contributed by atoms with Gasteiger partial charge in [0.1, 0.15) is 66.5 Å². The van der Waals surface area contributed by atoms with E-state index in [1.807, 2.05) is 30.3 Å². The van der Waals surface area contributed by atoms with Crippen molar-refractivity contribution in [2.75, 3.05) is 78.5 Å². The van der Waals surface area contributed by atoms with Crippen molar-refractivity contribution in [3.8, 4) is 0 Å². The summed E-state index contributed by atoms with van der Waals surface area (Å²) in [5.74, 6) is -16.4. The van der Waals surface area contributed by atoms with Crippen LogP contribution in [0.3, 0.4) is 0 Å². The van der Waals surface area contributed by atoms with Crippen molar-refractivity contribution in [2.45, 2.75) is 205 Å². The Morgan fingerprint density at radius 2 is 0.481 bits per heavy atom. The third-order valence-corrected chi connectivity index (χ3v) is 23.2. The summed E-state index contributed by atoms with van der Waals surface area (Å²) < 4.78 is 0. The molecule has 41 heteroatoms. The second-order valence-electron chi connectivity index (χ2n) is 34.8. The first-order valence-electron chi connectivity index (χ1n) is 45.1. The molecule has 0 unspecified atom stereocenters. The lowest BCUT2D eigenvalue weighted by atomic mass is 10.0. The predicted molar refractivity (Wildman–Crippen MR) is 484 cm³/mol. The van der Waals surface area contributed by atoms with Gasteiger partial charge in [-0.05, 0) is 104 Å². The number of primary amides is 1. The van der Waals surface area contributed by atoms with Gasteiger partial charge in [0.05, 0.1) is 58.4 Å². The van der Waals surface area contributed by atoms with Crippen LogP contribution in [0.4, 0.5) is 0 Å². The molecule has 8 rings (SSSR count). The number of nitrogens with two attached hydrogens (primary N) is 2. The fourth-order valence-electron chi connectivity index (χ4n) is 16.2. The fourth-order valence-corrected chi connectivity index (χ4v) is 16.2. The van der Waals surface area contributed by atoms with Gasteiger partial charge >= 0.3 is 0 Å². The first-order chi connectivity index (χ1) is 63.4. The van der Waals surface area contributed by atoms with E-state index >= 15 is 0 Å². The lowest BCUT2D eigenvalue weighted by molar-refractivity contribution is -0.142. The number of carbonyl (C=O) groups excluding carboxylic acids is 20. The zero-order valence-electron chi connectivity index (χ0n) is 76.4. The highest BCUT2D eigenvalue weighted by Gasteiger charge is 2.44. The molecule has 4 saturated heterocycles. The molecule has 20 amide bonds. The van der Waals surface area contributed by atoms with E-state index in [0.29, 0.717) is 55.3 Å². The van der Waals surface area contributed by atoms with Crippen LogP contribution in [0.15, 0.2) is 121 Å². The van der Waals surface area contributed by atoms with E-state index in [2.05, 4.69) is 79.8 Å². The quantitative estimate of drug-likeness (QED) is 0.0199. The zero-order chi connectivity index (χ0) is 97.1. The molecule has 41 nitrogen and oxygen atoms in total. The Labute approximate surface area is 772 Å². The van der Waals surface area contributed by atoms with Crippen LogP contribution in [-0.4, -0.2) is 289 Å². The molecule has 0 aromatic heterocycles. The van der Waals surface area contributed by atoms with E-state index in [1.165, 1.54) is 19.6 Å². The molecule has 12 atom stereocenters. The molecule has 0 bridgehead atoms. The third kappa shape index (κ3) is 32.3. The highest BCUT2D eigenvalue weighted by atomic mass is 16.2. The van der Waals surface area contributed by atoms with Crippen molar-refractivity contribution in [3.05, 3.63) is 144 Å². The summed E-state index contributed by atoms with van der Waals surface area (Å²) in [6, 6.07) is 21.6. The standard InChI is InChI=1S/C92H127N21O20/c1-53(2)77(85(126)95-45-69(94)114)106-73(118)50-97-82(123)66-34-22-38-111(66)90(131)62(42-58-27-15-10-16-28-58)103-71(116)47-101-87(128)79(55(5)6)108-75(120)52-99-84(125)68-36-24-40-113(68)92(133)64(44-60-31-19-12-20-32-60)105-72(117)48-102-88(129)80(56(7)8)109-76(121)51-98-83(124)67-35-23-39-112(67)91(132)63(43-59-29-17-11-18-30-59)104-70(115)46-100-86(127)78(54(3)4)107-74(119)49-96-81(122)65-33-21-37-110(65)89(130)61(93)41-57-25-13-9-14-26-57/h9-20,25-32,53-56,61-68,77-80H,21-24,33-52,93H2,1-8H3,(H2,94,114)(H,95,126)(H,96,122)(H,97,123)(H,98,124)(H,99,125)(H,100,127)(H,101,128)(H,102,129)(H,103,116)(H,104,115)(H,105,117)(H,106,118)(H,107,119)(H,108,120)(H,109,121)/t61-,62-,63-,64-,65-,66-,67-,68-,77-,78-,79-,80-/m0/s1. The smallest absolute Gasteiger partial charge is 0.246 e. The number of carbonyl (C=O) groups is 20. The van der Waals surface area contributed by atoms with Crippen LogP contribution < -0.4 is 91.2 Å². The molecule has 4 aliphatic heterocycles. The van der Waals surface area contributed by atoms with Crippen molar-refractivity contribution in [1.29, 1.82) is 0 Å². The van der Waals surface area contributed by atoms with Gasteiger partial charge in [-0.2, -0.15) is 0 Å². The average molecular weight is 1850 g/mol. The number of hydrogen-bond donors (Lipinski definition) is 17. The van der Waals surface area contributed by atoms with E-state index in [1.54, 1.807) is 146 Å². The van der Waals surface area contributed by atoms with Crippen LogP contribution in [0.25, 0.3) is 0 Å². The molecule has 0 spiro atoms. The van der Waals surface area contributed by atoms with Gasteiger partial charge in [0.2, 0.25) is 118 Å². The van der Waals surface area contributed by atoms with E-state index in [-0.39, 0.29) is 64.6 Å². The summed E-state index contributed by atoms with van der Waals surface area (Å²) in [5, 5.41) is 38.4. The fraction of sp³-hybridized carbons (Fsp3) is 0.522. The lowest BCUT2D eigenvalue weighted by Crippen LogP contribution is -2.58. The summed E-state index contributed by atoms with van der Waals surface area (Å²) in [7, 11) is 0. The number of nitrogens with zero attached hydrogens (tertiary/aromatic N) is 4. The van der Waals surface area contributed by atoms with Gasteiger partial charge < -0.3 is 111 Å². The first-order valence-corrected chi connectivity index (χ1v) is 45.1. The van der Waals surface area contributed by atoms with Crippen molar-refractivity contribution in [1.82, 2.24) is 99.4 Å². The molecular weight excluding hydrogens is 1720 g/mol. The third-order valence-electron chi connectivity index (χ3n) is 23.2. The minimum absolute atomic E-state index is 0.0263. The Hall–Kier alpha value is -13.8. The monoisotopic (exact) mass is 1850 g/mol. The van der Waals surface area contributed by atoms with Crippen molar-refractivity contribution >= 4 is 118 Å². The maximum atomic E-state index is 14.6. The van der Waals surface area contributed by atoms with Gasteiger partial charge in [-0.3, -0.25) is 95.9 Å². The molecule has 133 heavy (non-hydrogen) atoms. The highest BCUT2D eigenvalue weighted by molar-refractivity contribution is 6.01. The molecule has 0 aliphatic carbocycles. The van der Waals surface area contributed by atoms with Gasteiger partial charge in [-0.1, -0.05) is 177 Å². The van der Waals surface area contributed by atoms with Gasteiger partial charge in [0.15, 0.2) is 0 Å². The van der Waals surface area contributed by atoms with Gasteiger partial charge in [-0.15, -0.1) is 0 Å². The summed E-state index contributed by atoms with van der Waals surface area (Å²) in [6.45, 7) is 8.88. The van der Waals surface area contributed by atoms with Crippen LogP contribution in [0.5, 0.6) is 0 Å². The second-order valence-corrected chi connectivity index (χ2v) is 34.8. The van der Waals surface area contributed by atoms with Crippen molar-refractivity contribution < 1.29 is 95.9 Å². The van der Waals surface area contributed by atoms with Gasteiger partial charge in [-0.25, -0.2) is 0 Å². The molecule has 19 N–H and O–H groups in total. The maximum absolute atomic E-state index is 14.6. The van der Waals surface area contributed by atoms with E-state index in [4.69, 9.17) is 11.5 Å². The predicted octanol–water partition coefficient (Wildman–Crippen LogP) is -4.32. The summed E-state index contributed by atoms with van der Waals surface area (Å²) in [5.41, 5.74) is 14.2. The number of likely N-dealkylation sites (tertiary alicyclic amines) is 4. The average Bonchev–Trinajstić information content (AvgIpc) is 1.71. The second kappa shape index (κ2) is 51.7. The van der Waals surface area contributed by atoms with Crippen LogP contribution in [0.2, 0.25) is 0 Å². The van der Waals surface area contributed by atoms with E-state index in [0.717, 1.165) is 5.56 Å². The first kappa shape index (κ1) is 105. The van der Waals surface area contributed by atoms with Crippen LogP contribution in [0, 0.1) is 23.7 Å². The lowest BCUT2D eigenvalue weighted by Gasteiger charge is -2.29. The van der Waals surface area contributed by atoms with Gasteiger partial charge in [0, 0.05) is 45.4 Å². The molecule has 4 aromatic carbocycles. The molecule has 4 aliphatic rings. The van der Waals surface area contributed by atoms with Crippen LogP contribution >= 0.6 is 0 Å². The zero-order valence-corrected chi connectivity index (χ0v) is 76.4. The summed E-state index contributed by atoms with van der Waals surface area (Å²) in [4.78, 5) is 277. The summed E-state index contributed by atoms with van der Waals surface area (Å²) >= 11 is 0. The van der Waals surface area contributed by atoms with Crippen molar-refractivity contribution in [2.24, 2.45) is 35.1 Å². The molecule has 4 heterocycles. The van der Waals surface area contributed by atoms with E-state index < -0.39 is 267 Å². The maximum Gasteiger partial charge on any atom is 0.246 e. The summed E-state index contributed by atoms with van der Waals surface area (Å²) in [6.07, 6.45) is 2.72. The molecule has 0 radical (unpaired) electrons. The SMILES string of the molecule is CC(C)[C@H](NC(=O)CNC(=O)[C@@H]1CCCN1C(=O)[C@H](Cc1ccccc1)NC(=O)CNC(=O)[C@@H](NC(=O)CNC(=O)[C@@H]1CCCN1C(=O)[C@H](Cc1ccccc1)NC(=O)CNC(=O)[C@@H](NC(=O)CNC(=O)[C@@H]1CCCN1C(=O)[C@H](Cc1ccccc1)NC(=O)CNC(=O)[C@@H](NC(=O)CNC(=O)[C@@H]1CCCN1C(=O)[C@@H](N)Cc1ccccc1)C(C)C)C(C)C)C(C)C)C(=O)NCC(N)=O. The minimum atomic E-state index is -1.30. The number of amides is 20. The minimum Gasteiger partial charge on any atom is -0.368 e. The number of rotatable bonds is 47. The number of benzene rings is 4. The highest BCUT2D eigenvalue weighted by Crippen LogP contribution is 2.25. The Balaban J connectivity index is 0.785. The molecular formula is C92H127N21O20. The Bertz CT molecular complexity index is 4780. The van der Waals surface area contributed by atoms with Gasteiger partial charge in [0.25, 0.3) is 0 Å². The Kier molecular flexibility index (Phi) is 40.7. The van der Waals surface area contributed by atoms with Crippen LogP contribution in [0.1, 0.15) is 129 Å². The van der Waals surface area contributed by atoms with Crippen LogP contribution in [-0.2, 0) is 122 Å². The Morgan fingerprint density at radius 1 is 0.278 bits per heavy atom. The molecule has 720 valence electrons. The normalized spacial score (nSPS) is 17.5.